The van der Waals surface area contributed by atoms with E-state index in [0.29, 0.717) is 0 Å². The largest absolute Gasteiger partial charge is 0.469 e. The van der Waals surface area contributed by atoms with Gasteiger partial charge < -0.3 is 61.6 Å². The van der Waals surface area contributed by atoms with Gasteiger partial charge in [-0.15, -0.1) is 0 Å². The number of aromatic amines is 1. The van der Waals surface area contributed by atoms with Crippen molar-refractivity contribution in [3.63, 3.8) is 0 Å². The van der Waals surface area contributed by atoms with Gasteiger partial charge in [-0.1, -0.05) is 44.2 Å². The molecule has 1 aromatic heterocycles. The zero-order valence-electron chi connectivity index (χ0n) is 30.8. The molecule has 22 heteroatoms. The molecule has 0 aliphatic heterocycles. The number of aliphatic hydroxyl groups excluding tert-OH is 2. The number of imidazole rings is 1. The Kier molecular flexibility index (Phi) is 19.6. The maximum atomic E-state index is 13.8. The van der Waals surface area contributed by atoms with Gasteiger partial charge in [0.05, 0.1) is 45.5 Å². The number of H-pyrrole nitrogens is 1. The van der Waals surface area contributed by atoms with E-state index >= 15 is 0 Å². The van der Waals surface area contributed by atoms with Crippen LogP contribution in [0.25, 0.3) is 0 Å². The summed E-state index contributed by atoms with van der Waals surface area (Å²) in [6.07, 6.45) is 1.02. The first-order chi connectivity index (χ1) is 25.9. The molecule has 0 radical (unpaired) electrons. The van der Waals surface area contributed by atoms with E-state index in [1.54, 1.807) is 44.2 Å². The molecule has 6 amide bonds. The quantitative estimate of drug-likeness (QED) is 0.0362. The van der Waals surface area contributed by atoms with Crippen molar-refractivity contribution in [1.82, 2.24) is 36.1 Å². The average Bonchev–Trinajstić information content (AvgIpc) is 3.62. The van der Waals surface area contributed by atoms with Crippen molar-refractivity contribution in [2.75, 3.05) is 33.0 Å². The fourth-order valence-corrected chi connectivity index (χ4v) is 5.69. The molecular formula is C33H51N8O13P. The zero-order chi connectivity index (χ0) is 41.1. The standard InChI is InChI=1S/C33H51N8O13P/c1-20(2)15-23(37-27(44)18-41(17-22-7-5-4-6-8-22)28(45)9-13-53-14-12-42)31(47)38-24(16-26-35-10-11-36-26)32(48)39-25(19-43)33(49)40-29(30(34)46)21(3)54-55(50,51)52/h4-8,10-11,20-21,23-25,29,42-43H,9,12-19H2,1-3H3,(H2,34,46)(H,35,36)(H,37,44)(H,38,47)(H,39,48)(H,40,49)(H2,50,51,52)/t21-,23+,24+,25+,29+/m1/s1. The molecule has 11 N–H and O–H groups in total. The third kappa shape index (κ3) is 17.5. The molecule has 2 rings (SSSR count). The van der Waals surface area contributed by atoms with Gasteiger partial charge in [0, 0.05) is 25.4 Å². The molecule has 306 valence electrons. The number of hydrogen-bond acceptors (Lipinski definition) is 12. The number of nitrogens with one attached hydrogen (secondary N) is 5. The Morgan fingerprint density at radius 2 is 1.55 bits per heavy atom. The number of carbonyl (C=O) groups is 6. The summed E-state index contributed by atoms with van der Waals surface area (Å²) in [5, 5.41) is 28.5. The second-order valence-corrected chi connectivity index (χ2v) is 14.0. The summed E-state index contributed by atoms with van der Waals surface area (Å²) in [6.45, 7) is 3.11. The summed E-state index contributed by atoms with van der Waals surface area (Å²) in [4.78, 5) is 105. The Morgan fingerprint density at radius 3 is 2.11 bits per heavy atom. The van der Waals surface area contributed by atoms with Gasteiger partial charge in [0.2, 0.25) is 35.4 Å². The fourth-order valence-electron chi connectivity index (χ4n) is 5.14. The Morgan fingerprint density at radius 1 is 0.909 bits per heavy atom. The first-order valence-electron chi connectivity index (χ1n) is 17.3. The molecule has 55 heavy (non-hydrogen) atoms. The van der Waals surface area contributed by atoms with E-state index in [0.717, 1.165) is 12.5 Å². The van der Waals surface area contributed by atoms with Crippen LogP contribution in [0.1, 0.15) is 45.0 Å². The molecule has 2 aromatic rings. The minimum Gasteiger partial charge on any atom is -0.394 e. The number of nitrogens with zero attached hydrogens (tertiary/aromatic N) is 2. The van der Waals surface area contributed by atoms with Gasteiger partial charge >= 0.3 is 7.82 Å². The lowest BCUT2D eigenvalue weighted by atomic mass is 10.0. The highest BCUT2D eigenvalue weighted by molar-refractivity contribution is 7.46. The number of hydrogen-bond donors (Lipinski definition) is 10. The van der Waals surface area contributed by atoms with E-state index in [9.17, 15) is 38.4 Å². The van der Waals surface area contributed by atoms with Crippen molar-refractivity contribution in [3.8, 4) is 0 Å². The van der Waals surface area contributed by atoms with E-state index in [1.807, 2.05) is 0 Å². The minimum absolute atomic E-state index is 0.0124. The molecular weight excluding hydrogens is 747 g/mol. The molecule has 5 atom stereocenters. The molecule has 0 fully saturated rings. The molecule has 0 aliphatic rings. The van der Waals surface area contributed by atoms with Crippen molar-refractivity contribution in [2.24, 2.45) is 11.7 Å². The lowest BCUT2D eigenvalue weighted by Gasteiger charge is -2.27. The predicted molar refractivity (Wildman–Crippen MR) is 193 cm³/mol. The lowest BCUT2D eigenvalue weighted by molar-refractivity contribution is -0.139. The number of phosphoric ester groups is 1. The summed E-state index contributed by atoms with van der Waals surface area (Å²) in [5.41, 5.74) is 6.02. The van der Waals surface area contributed by atoms with Crippen LogP contribution in [0.3, 0.4) is 0 Å². The number of aliphatic hydroxyl groups is 2. The van der Waals surface area contributed by atoms with Crippen molar-refractivity contribution in [1.29, 1.82) is 0 Å². The number of rotatable bonds is 25. The van der Waals surface area contributed by atoms with Crippen LogP contribution in [-0.4, -0.2) is 134 Å². The van der Waals surface area contributed by atoms with Crippen LogP contribution >= 0.6 is 7.82 Å². The molecule has 0 saturated heterocycles. The smallest absolute Gasteiger partial charge is 0.394 e. The number of aromatic nitrogens is 2. The number of carbonyl (C=O) groups excluding carboxylic acids is 6. The van der Waals surface area contributed by atoms with Gasteiger partial charge in [-0.2, -0.15) is 0 Å². The van der Waals surface area contributed by atoms with Crippen LogP contribution in [-0.2, 0) is 55.6 Å². The van der Waals surface area contributed by atoms with Gasteiger partial charge in [-0.25, -0.2) is 9.55 Å². The number of phosphoric acid groups is 1. The van der Waals surface area contributed by atoms with Gasteiger partial charge in [-0.3, -0.25) is 33.3 Å². The highest BCUT2D eigenvalue weighted by Crippen LogP contribution is 2.38. The third-order valence-corrected chi connectivity index (χ3v) is 8.34. The van der Waals surface area contributed by atoms with E-state index in [2.05, 4.69) is 35.8 Å². The highest BCUT2D eigenvalue weighted by atomic mass is 31.2. The summed E-state index contributed by atoms with van der Waals surface area (Å²) < 4.78 is 20.9. The second kappa shape index (κ2) is 23.2. The average molecular weight is 799 g/mol. The maximum Gasteiger partial charge on any atom is 0.469 e. The highest BCUT2D eigenvalue weighted by Gasteiger charge is 2.35. The van der Waals surface area contributed by atoms with E-state index in [4.69, 9.17) is 25.4 Å². The Balaban J connectivity index is 2.25. The number of primary amides is 1. The van der Waals surface area contributed by atoms with Crippen LogP contribution in [0.15, 0.2) is 42.7 Å². The Hall–Kier alpha value is -4.76. The third-order valence-electron chi connectivity index (χ3n) is 7.74. The van der Waals surface area contributed by atoms with E-state index in [1.165, 1.54) is 17.3 Å². The Labute approximate surface area is 317 Å². The number of ether oxygens (including phenoxy) is 1. The first kappa shape index (κ1) is 46.4. The fraction of sp³-hybridized carbons (Fsp3) is 0.545. The van der Waals surface area contributed by atoms with Gasteiger partial charge in [-0.05, 0) is 24.8 Å². The SMILES string of the molecule is CC(C)C[C@H](NC(=O)CN(Cc1ccccc1)C(=O)CCOCCO)C(=O)N[C@@H](Cc1ncc[nH]1)C(=O)N[C@@H](CO)C(=O)N[C@H](C(N)=O)[C@@H](C)OP(=O)(O)O. The zero-order valence-corrected chi connectivity index (χ0v) is 31.6. The van der Waals surface area contributed by atoms with Gasteiger partial charge in [0.15, 0.2) is 0 Å². The predicted octanol–water partition coefficient (Wildman–Crippen LogP) is -2.66. The van der Waals surface area contributed by atoms with Crippen LogP contribution in [0, 0.1) is 5.92 Å². The number of benzene rings is 1. The van der Waals surface area contributed by atoms with Crippen LogP contribution in [0.2, 0.25) is 0 Å². The normalized spacial score (nSPS) is 14.2. The monoisotopic (exact) mass is 798 g/mol. The molecule has 1 heterocycles. The molecule has 0 saturated carbocycles. The number of nitrogens with two attached hydrogens (primary N) is 1. The van der Waals surface area contributed by atoms with Crippen molar-refractivity contribution in [3.05, 3.63) is 54.1 Å². The maximum absolute atomic E-state index is 13.8. The van der Waals surface area contributed by atoms with Crippen molar-refractivity contribution in [2.45, 2.75) is 76.8 Å². The summed E-state index contributed by atoms with van der Waals surface area (Å²) in [6, 6.07) is 2.72. The van der Waals surface area contributed by atoms with Gasteiger partial charge in [0.25, 0.3) is 0 Å². The minimum atomic E-state index is -5.11. The Bertz CT molecular complexity index is 1590. The summed E-state index contributed by atoms with van der Waals surface area (Å²) in [7, 11) is -5.11. The topological polar surface area (TPSA) is 325 Å². The summed E-state index contributed by atoms with van der Waals surface area (Å²) >= 11 is 0. The van der Waals surface area contributed by atoms with Gasteiger partial charge in [0.1, 0.15) is 30.0 Å². The van der Waals surface area contributed by atoms with Crippen molar-refractivity contribution < 1.29 is 62.6 Å². The molecule has 0 bridgehead atoms. The lowest BCUT2D eigenvalue weighted by Crippen LogP contribution is -2.60. The molecule has 1 aromatic carbocycles. The summed E-state index contributed by atoms with van der Waals surface area (Å²) in [5.74, 6) is -5.19. The molecule has 0 aliphatic carbocycles. The first-order valence-corrected chi connectivity index (χ1v) is 18.8. The second-order valence-electron chi connectivity index (χ2n) is 12.8. The molecule has 0 unspecified atom stereocenters. The van der Waals surface area contributed by atoms with Crippen LogP contribution < -0.4 is 27.0 Å². The van der Waals surface area contributed by atoms with Crippen LogP contribution in [0.5, 0.6) is 0 Å². The van der Waals surface area contributed by atoms with E-state index in [-0.39, 0.29) is 57.4 Å². The molecule has 0 spiro atoms. The molecule has 21 nitrogen and oxygen atoms in total. The van der Waals surface area contributed by atoms with E-state index < -0.39 is 86.7 Å². The van der Waals surface area contributed by atoms with Crippen molar-refractivity contribution >= 4 is 43.3 Å². The van der Waals surface area contributed by atoms with Crippen LogP contribution in [0.4, 0.5) is 0 Å². The number of amides is 6.